The van der Waals surface area contributed by atoms with E-state index < -0.39 is 5.82 Å². The molecule has 2 rings (SSSR count). The van der Waals surface area contributed by atoms with E-state index in [1.165, 1.54) is 17.7 Å². The van der Waals surface area contributed by atoms with Crippen LogP contribution in [0, 0.1) is 5.82 Å². The van der Waals surface area contributed by atoms with E-state index in [2.05, 4.69) is 10.3 Å². The Kier molecular flexibility index (Phi) is 4.79. The number of halogens is 1. The van der Waals surface area contributed by atoms with Crippen LogP contribution in [0.4, 0.5) is 4.39 Å². The summed E-state index contributed by atoms with van der Waals surface area (Å²) in [6, 6.07) is 10.4. The molecule has 0 bridgehead atoms. The van der Waals surface area contributed by atoms with Crippen LogP contribution in [0.2, 0.25) is 0 Å². The largest absolute Gasteiger partial charge is 0.347 e. The highest BCUT2D eigenvalue weighted by molar-refractivity contribution is 5.92. The summed E-state index contributed by atoms with van der Waals surface area (Å²) in [4.78, 5) is 15.5. The number of hydrogen-bond acceptors (Lipinski definition) is 3. The van der Waals surface area contributed by atoms with Gasteiger partial charge in [0.15, 0.2) is 0 Å². The smallest absolute Gasteiger partial charge is 0.270 e. The first kappa shape index (κ1) is 14.1. The summed E-state index contributed by atoms with van der Waals surface area (Å²) in [7, 11) is 0. The molecule has 0 unspecified atom stereocenters. The van der Waals surface area contributed by atoms with Gasteiger partial charge in [0.2, 0.25) is 0 Å². The van der Waals surface area contributed by atoms with Crippen molar-refractivity contribution < 1.29 is 9.18 Å². The first-order valence-electron chi connectivity index (χ1n) is 6.36. The lowest BCUT2D eigenvalue weighted by Crippen LogP contribution is -2.23. The first-order chi connectivity index (χ1) is 9.69. The number of rotatable bonds is 5. The lowest BCUT2D eigenvalue weighted by Gasteiger charge is -2.06. The molecule has 0 saturated heterocycles. The molecule has 0 aliphatic carbocycles. The molecular weight excluding hydrogens is 257 g/mol. The zero-order valence-corrected chi connectivity index (χ0v) is 11.0. The van der Waals surface area contributed by atoms with Gasteiger partial charge in [-0.05, 0) is 36.2 Å². The Balaban J connectivity index is 1.91. The fourth-order valence-electron chi connectivity index (χ4n) is 1.77. The molecule has 0 radical (unpaired) electrons. The zero-order valence-electron chi connectivity index (χ0n) is 11.0. The Morgan fingerprint density at radius 1 is 1.15 bits per heavy atom. The van der Waals surface area contributed by atoms with Crippen molar-refractivity contribution in [3.05, 3.63) is 65.2 Å². The number of amides is 1. The summed E-state index contributed by atoms with van der Waals surface area (Å²) >= 11 is 0. The molecule has 4 nitrogen and oxygen atoms in total. The van der Waals surface area contributed by atoms with Gasteiger partial charge in [0.1, 0.15) is 11.5 Å². The molecule has 0 aliphatic heterocycles. The topological polar surface area (TPSA) is 68.0 Å². The highest BCUT2D eigenvalue weighted by Crippen LogP contribution is 2.05. The quantitative estimate of drug-likeness (QED) is 0.870. The third-order valence-corrected chi connectivity index (χ3v) is 2.87. The monoisotopic (exact) mass is 273 g/mol. The highest BCUT2D eigenvalue weighted by Gasteiger charge is 2.06. The number of carbonyl (C=O) groups is 1. The Labute approximate surface area is 116 Å². The van der Waals surface area contributed by atoms with Crippen LogP contribution in [0.1, 0.15) is 21.6 Å². The molecule has 0 saturated carbocycles. The average molecular weight is 273 g/mol. The molecule has 1 aromatic heterocycles. The van der Waals surface area contributed by atoms with Gasteiger partial charge in [-0.15, -0.1) is 0 Å². The van der Waals surface area contributed by atoms with Crippen molar-refractivity contribution in [2.75, 3.05) is 6.54 Å². The van der Waals surface area contributed by atoms with Crippen LogP contribution < -0.4 is 11.1 Å². The second-order valence-corrected chi connectivity index (χ2v) is 4.40. The van der Waals surface area contributed by atoms with Crippen LogP contribution in [0.3, 0.4) is 0 Å². The second-order valence-electron chi connectivity index (χ2n) is 4.40. The summed E-state index contributed by atoms with van der Waals surface area (Å²) in [6.45, 7) is 1.02. The maximum atomic E-state index is 12.7. The molecule has 5 heteroatoms. The fraction of sp³-hybridized carbons (Fsp3) is 0.200. The second kappa shape index (κ2) is 6.77. The van der Waals surface area contributed by atoms with Crippen molar-refractivity contribution in [3.63, 3.8) is 0 Å². The minimum Gasteiger partial charge on any atom is -0.347 e. The predicted octanol–water partition coefficient (Wildman–Crippen LogP) is 1.65. The Hall–Kier alpha value is -2.27. The van der Waals surface area contributed by atoms with Gasteiger partial charge in [-0.1, -0.05) is 24.3 Å². The van der Waals surface area contributed by atoms with Gasteiger partial charge in [-0.25, -0.2) is 9.37 Å². The van der Waals surface area contributed by atoms with E-state index in [4.69, 9.17) is 5.73 Å². The van der Waals surface area contributed by atoms with Crippen LogP contribution in [-0.4, -0.2) is 17.4 Å². The van der Waals surface area contributed by atoms with Crippen molar-refractivity contribution in [1.82, 2.24) is 10.3 Å². The van der Waals surface area contributed by atoms with Crippen LogP contribution in [0.5, 0.6) is 0 Å². The number of nitrogens with one attached hydrogen (secondary N) is 1. The molecule has 0 fully saturated rings. The number of nitrogens with zero attached hydrogens (tertiary/aromatic N) is 1. The van der Waals surface area contributed by atoms with Crippen molar-refractivity contribution >= 4 is 5.91 Å². The number of pyridine rings is 1. The number of benzene rings is 1. The molecule has 104 valence electrons. The van der Waals surface area contributed by atoms with Gasteiger partial charge in [-0.2, -0.15) is 0 Å². The Bertz CT molecular complexity index is 567. The van der Waals surface area contributed by atoms with Crippen molar-refractivity contribution in [3.8, 4) is 0 Å². The van der Waals surface area contributed by atoms with Gasteiger partial charge < -0.3 is 11.1 Å². The lowest BCUT2D eigenvalue weighted by atomic mass is 10.1. The summed E-state index contributed by atoms with van der Waals surface area (Å²) in [5.41, 5.74) is 7.84. The van der Waals surface area contributed by atoms with Gasteiger partial charge in [-0.3, -0.25) is 4.79 Å². The molecule has 20 heavy (non-hydrogen) atoms. The SMILES string of the molecule is NCCc1ccc(CNC(=O)c2ccc(F)cn2)cc1. The summed E-state index contributed by atoms with van der Waals surface area (Å²) < 4.78 is 12.7. The normalized spacial score (nSPS) is 10.3. The number of hydrogen-bond donors (Lipinski definition) is 2. The molecule has 1 amide bonds. The third-order valence-electron chi connectivity index (χ3n) is 2.87. The predicted molar refractivity (Wildman–Crippen MR) is 74.6 cm³/mol. The number of carbonyl (C=O) groups excluding carboxylic acids is 1. The summed E-state index contributed by atoms with van der Waals surface area (Å²) in [5.74, 6) is -0.784. The molecule has 2 aromatic rings. The minimum atomic E-state index is -0.461. The van der Waals surface area contributed by atoms with Crippen LogP contribution >= 0.6 is 0 Å². The van der Waals surface area contributed by atoms with E-state index in [9.17, 15) is 9.18 Å². The fourth-order valence-corrected chi connectivity index (χ4v) is 1.77. The molecule has 1 heterocycles. The molecule has 0 spiro atoms. The van der Waals surface area contributed by atoms with Crippen LogP contribution in [0.25, 0.3) is 0 Å². The Morgan fingerprint density at radius 3 is 2.45 bits per heavy atom. The van der Waals surface area contributed by atoms with E-state index in [0.717, 1.165) is 18.2 Å². The van der Waals surface area contributed by atoms with Gasteiger partial charge in [0.05, 0.1) is 6.20 Å². The maximum Gasteiger partial charge on any atom is 0.270 e. The number of nitrogens with two attached hydrogens (primary N) is 1. The maximum absolute atomic E-state index is 12.7. The lowest BCUT2D eigenvalue weighted by molar-refractivity contribution is 0.0946. The molecular formula is C15H16FN3O. The molecule has 1 aromatic carbocycles. The van der Waals surface area contributed by atoms with E-state index in [1.807, 2.05) is 24.3 Å². The molecule has 3 N–H and O–H groups in total. The highest BCUT2D eigenvalue weighted by atomic mass is 19.1. The summed E-state index contributed by atoms with van der Waals surface area (Å²) in [5, 5.41) is 2.74. The Morgan fingerprint density at radius 2 is 1.85 bits per heavy atom. The first-order valence-corrected chi connectivity index (χ1v) is 6.36. The molecule has 0 atom stereocenters. The molecule has 0 aliphatic rings. The van der Waals surface area contributed by atoms with Crippen LogP contribution in [0.15, 0.2) is 42.6 Å². The van der Waals surface area contributed by atoms with E-state index in [-0.39, 0.29) is 11.6 Å². The summed E-state index contributed by atoms with van der Waals surface area (Å²) in [6.07, 6.45) is 1.86. The van der Waals surface area contributed by atoms with Crippen molar-refractivity contribution in [2.45, 2.75) is 13.0 Å². The van der Waals surface area contributed by atoms with E-state index >= 15 is 0 Å². The van der Waals surface area contributed by atoms with Gasteiger partial charge in [0.25, 0.3) is 5.91 Å². The van der Waals surface area contributed by atoms with Gasteiger partial charge >= 0.3 is 0 Å². The number of aromatic nitrogens is 1. The third kappa shape index (κ3) is 3.86. The average Bonchev–Trinajstić information content (AvgIpc) is 2.47. The van der Waals surface area contributed by atoms with E-state index in [0.29, 0.717) is 13.1 Å². The standard InChI is InChI=1S/C15H16FN3O/c16-13-5-6-14(18-10-13)15(20)19-9-12-3-1-11(2-4-12)7-8-17/h1-6,10H,7-9,17H2,(H,19,20). The van der Waals surface area contributed by atoms with Crippen molar-refractivity contribution in [1.29, 1.82) is 0 Å². The van der Waals surface area contributed by atoms with Crippen LogP contribution in [-0.2, 0) is 13.0 Å². The minimum absolute atomic E-state index is 0.200. The van der Waals surface area contributed by atoms with Crippen molar-refractivity contribution in [2.24, 2.45) is 5.73 Å². The van der Waals surface area contributed by atoms with Gasteiger partial charge in [0, 0.05) is 6.54 Å². The zero-order chi connectivity index (χ0) is 14.4. The van der Waals surface area contributed by atoms with E-state index in [1.54, 1.807) is 0 Å².